The first-order valence-corrected chi connectivity index (χ1v) is 11.2. The minimum absolute atomic E-state index is 0.113. The van der Waals surface area contributed by atoms with Crippen molar-refractivity contribution in [1.82, 2.24) is 10.3 Å². The van der Waals surface area contributed by atoms with E-state index in [-0.39, 0.29) is 16.9 Å². The number of hydrogen-bond donors (Lipinski definition) is 1. The average molecular weight is 438 g/mol. The van der Waals surface area contributed by atoms with E-state index in [4.69, 9.17) is 0 Å². The van der Waals surface area contributed by atoms with Crippen LogP contribution in [0.4, 0.5) is 13.2 Å². The zero-order chi connectivity index (χ0) is 22.3. The highest BCUT2D eigenvalue weighted by molar-refractivity contribution is 5.95. The summed E-state index contributed by atoms with van der Waals surface area (Å²) >= 11 is 0. The molecule has 0 atom stereocenters. The van der Waals surface area contributed by atoms with Crippen molar-refractivity contribution in [2.75, 3.05) is 0 Å². The molecule has 0 saturated heterocycles. The minimum Gasteiger partial charge on any atom is -0.347 e. The van der Waals surface area contributed by atoms with Crippen LogP contribution in [0.25, 0.3) is 10.9 Å². The molecule has 2 aromatic carbocycles. The van der Waals surface area contributed by atoms with Gasteiger partial charge in [0, 0.05) is 23.2 Å². The van der Waals surface area contributed by atoms with E-state index in [1.807, 2.05) is 6.07 Å². The van der Waals surface area contributed by atoms with Crippen molar-refractivity contribution in [2.45, 2.75) is 56.4 Å². The van der Waals surface area contributed by atoms with Crippen LogP contribution >= 0.6 is 0 Å². The molecule has 1 amide bonds. The normalized spacial score (nSPS) is 22.0. The molecule has 32 heavy (non-hydrogen) atoms. The average Bonchev–Trinajstić information content (AvgIpc) is 3.52. The summed E-state index contributed by atoms with van der Waals surface area (Å²) in [6, 6.07) is 9.79. The first-order chi connectivity index (χ1) is 15.4. The van der Waals surface area contributed by atoms with E-state index in [1.165, 1.54) is 12.1 Å². The van der Waals surface area contributed by atoms with Crippen LogP contribution in [0.5, 0.6) is 0 Å². The molecular formula is C26H25F3N2O. The monoisotopic (exact) mass is 438 g/mol. The number of benzene rings is 2. The van der Waals surface area contributed by atoms with Crippen molar-refractivity contribution in [3.63, 3.8) is 0 Å². The van der Waals surface area contributed by atoms with Crippen molar-refractivity contribution in [2.24, 2.45) is 5.92 Å². The molecule has 2 saturated carbocycles. The predicted molar refractivity (Wildman–Crippen MR) is 117 cm³/mol. The second-order valence-electron chi connectivity index (χ2n) is 9.34. The number of carbonyl (C=O) groups excluding carboxylic acids is 1. The molecule has 2 aliphatic rings. The topological polar surface area (TPSA) is 42.0 Å². The van der Waals surface area contributed by atoms with Gasteiger partial charge in [0.15, 0.2) is 0 Å². The maximum Gasteiger partial charge on any atom is 0.254 e. The van der Waals surface area contributed by atoms with Gasteiger partial charge in [0.25, 0.3) is 5.91 Å². The highest BCUT2D eigenvalue weighted by atomic mass is 19.1. The van der Waals surface area contributed by atoms with E-state index in [9.17, 15) is 18.0 Å². The molecule has 1 N–H and O–H groups in total. The third-order valence-electron chi connectivity index (χ3n) is 7.11. The number of carbonyl (C=O) groups is 1. The quantitative estimate of drug-likeness (QED) is 0.510. The fourth-order valence-corrected chi connectivity index (χ4v) is 5.24. The SMILES string of the molecule is O=C(NC1(CC2CCC(c3ccnc4ccc(F)cc34)CC2)CC1)c1ccc(F)cc1F. The van der Waals surface area contributed by atoms with Crippen LogP contribution in [0.1, 0.15) is 66.8 Å². The number of hydrogen-bond acceptors (Lipinski definition) is 2. The Labute approximate surface area is 185 Å². The Bertz CT molecular complexity index is 1170. The molecule has 3 nitrogen and oxygen atoms in total. The molecule has 3 aromatic rings. The Kier molecular flexibility index (Phi) is 5.39. The van der Waals surface area contributed by atoms with E-state index >= 15 is 0 Å². The lowest BCUT2D eigenvalue weighted by Crippen LogP contribution is -2.39. The van der Waals surface area contributed by atoms with Gasteiger partial charge in [0.2, 0.25) is 0 Å². The Balaban J connectivity index is 1.22. The standard InChI is InChI=1S/C26H25F3N2O/c27-18-6-8-24-22(13-18)20(9-12-30-24)17-3-1-16(2-4-17)15-26(10-11-26)31-25(32)21-7-5-19(28)14-23(21)29/h5-9,12-14,16-17H,1-4,10-11,15H2,(H,31,32). The molecule has 0 aliphatic heterocycles. The van der Waals surface area contributed by atoms with Crippen molar-refractivity contribution in [3.8, 4) is 0 Å². The Morgan fingerprint density at radius 2 is 1.69 bits per heavy atom. The van der Waals surface area contributed by atoms with Crippen LogP contribution < -0.4 is 5.32 Å². The number of halogens is 3. The van der Waals surface area contributed by atoms with Crippen molar-refractivity contribution >= 4 is 16.8 Å². The summed E-state index contributed by atoms with van der Waals surface area (Å²) in [5.41, 5.74) is 1.59. The van der Waals surface area contributed by atoms with Gasteiger partial charge in [-0.25, -0.2) is 13.2 Å². The number of fused-ring (bicyclic) bond motifs is 1. The second-order valence-corrected chi connectivity index (χ2v) is 9.34. The van der Waals surface area contributed by atoms with Crippen LogP contribution in [0.2, 0.25) is 0 Å². The summed E-state index contributed by atoms with van der Waals surface area (Å²) in [5.74, 6) is -1.39. The molecule has 1 aromatic heterocycles. The summed E-state index contributed by atoms with van der Waals surface area (Å²) in [6.45, 7) is 0. The molecule has 166 valence electrons. The number of nitrogens with one attached hydrogen (secondary N) is 1. The predicted octanol–water partition coefficient (Wildman–Crippen LogP) is 6.28. The van der Waals surface area contributed by atoms with Crippen LogP contribution in [-0.2, 0) is 0 Å². The van der Waals surface area contributed by atoms with E-state index in [0.717, 1.165) is 73.5 Å². The first kappa shape index (κ1) is 21.0. The summed E-state index contributed by atoms with van der Waals surface area (Å²) in [5, 5.41) is 3.91. The number of amides is 1. The maximum absolute atomic E-state index is 14.0. The van der Waals surface area contributed by atoms with E-state index < -0.39 is 17.5 Å². The van der Waals surface area contributed by atoms with Gasteiger partial charge in [-0.2, -0.15) is 0 Å². The van der Waals surface area contributed by atoms with Crippen molar-refractivity contribution in [1.29, 1.82) is 0 Å². The highest BCUT2D eigenvalue weighted by Crippen LogP contribution is 2.47. The summed E-state index contributed by atoms with van der Waals surface area (Å²) < 4.78 is 40.9. The Morgan fingerprint density at radius 1 is 0.969 bits per heavy atom. The highest BCUT2D eigenvalue weighted by Gasteiger charge is 2.46. The first-order valence-electron chi connectivity index (χ1n) is 11.2. The largest absolute Gasteiger partial charge is 0.347 e. The lowest BCUT2D eigenvalue weighted by molar-refractivity contribution is 0.0917. The van der Waals surface area contributed by atoms with Gasteiger partial charge in [-0.05, 0) is 98.7 Å². The number of nitrogens with zero attached hydrogens (tertiary/aromatic N) is 1. The fraction of sp³-hybridized carbons (Fsp3) is 0.385. The van der Waals surface area contributed by atoms with Gasteiger partial charge in [-0.3, -0.25) is 9.78 Å². The van der Waals surface area contributed by atoms with E-state index in [2.05, 4.69) is 10.3 Å². The summed E-state index contributed by atoms with van der Waals surface area (Å²) in [6.07, 6.45) is 8.53. The zero-order valence-electron chi connectivity index (χ0n) is 17.7. The molecule has 1 heterocycles. The molecule has 5 rings (SSSR count). The van der Waals surface area contributed by atoms with Gasteiger partial charge in [-0.1, -0.05) is 0 Å². The lowest BCUT2D eigenvalue weighted by atomic mass is 9.75. The van der Waals surface area contributed by atoms with Crippen LogP contribution in [0.3, 0.4) is 0 Å². The molecular weight excluding hydrogens is 413 g/mol. The maximum atomic E-state index is 14.0. The smallest absolute Gasteiger partial charge is 0.254 e. The van der Waals surface area contributed by atoms with Crippen LogP contribution in [0, 0.1) is 23.4 Å². The molecule has 2 fully saturated rings. The van der Waals surface area contributed by atoms with Crippen molar-refractivity contribution in [3.05, 3.63) is 77.2 Å². The molecule has 0 unspecified atom stereocenters. The van der Waals surface area contributed by atoms with Gasteiger partial charge in [0.1, 0.15) is 17.5 Å². The molecule has 0 radical (unpaired) electrons. The van der Waals surface area contributed by atoms with Gasteiger partial charge >= 0.3 is 0 Å². The minimum atomic E-state index is -0.833. The van der Waals surface area contributed by atoms with Crippen LogP contribution in [-0.4, -0.2) is 16.4 Å². The van der Waals surface area contributed by atoms with Gasteiger partial charge < -0.3 is 5.32 Å². The lowest BCUT2D eigenvalue weighted by Gasteiger charge is -2.32. The second kappa shape index (κ2) is 8.23. The third kappa shape index (κ3) is 4.23. The molecule has 0 bridgehead atoms. The zero-order valence-corrected chi connectivity index (χ0v) is 17.7. The molecule has 0 spiro atoms. The van der Waals surface area contributed by atoms with Gasteiger partial charge in [0.05, 0.1) is 11.1 Å². The van der Waals surface area contributed by atoms with Gasteiger partial charge in [-0.15, -0.1) is 0 Å². The Hall–Kier alpha value is -2.89. The summed E-state index contributed by atoms with van der Waals surface area (Å²) in [7, 11) is 0. The molecule has 2 aliphatic carbocycles. The number of rotatable bonds is 5. The number of aromatic nitrogens is 1. The van der Waals surface area contributed by atoms with Crippen molar-refractivity contribution < 1.29 is 18.0 Å². The fourth-order valence-electron chi connectivity index (χ4n) is 5.24. The third-order valence-corrected chi connectivity index (χ3v) is 7.11. The molecule has 6 heteroatoms. The number of pyridine rings is 1. The summed E-state index contributed by atoms with van der Waals surface area (Å²) in [4.78, 5) is 16.9. The van der Waals surface area contributed by atoms with E-state index in [0.29, 0.717) is 11.8 Å². The Morgan fingerprint density at radius 3 is 2.41 bits per heavy atom. The van der Waals surface area contributed by atoms with Crippen LogP contribution in [0.15, 0.2) is 48.7 Å². The van der Waals surface area contributed by atoms with E-state index in [1.54, 1.807) is 18.3 Å².